The van der Waals surface area contributed by atoms with E-state index in [-0.39, 0.29) is 18.0 Å². The summed E-state index contributed by atoms with van der Waals surface area (Å²) in [4.78, 5) is 25.7. The fourth-order valence-electron chi connectivity index (χ4n) is 4.01. The Bertz CT molecular complexity index is 884. The first kappa shape index (κ1) is 15.6. The predicted molar refractivity (Wildman–Crippen MR) is 91.4 cm³/mol. The summed E-state index contributed by atoms with van der Waals surface area (Å²) in [6.07, 6.45) is 6.18. The zero-order valence-corrected chi connectivity index (χ0v) is 14.2. The molecule has 0 N–H and O–H groups in total. The van der Waals surface area contributed by atoms with Gasteiger partial charge in [0.2, 0.25) is 5.91 Å². The van der Waals surface area contributed by atoms with Gasteiger partial charge in [-0.15, -0.1) is 0 Å². The zero-order valence-electron chi connectivity index (χ0n) is 14.2. The minimum Gasteiger partial charge on any atom is -0.466 e. The Morgan fingerprint density at radius 2 is 1.92 bits per heavy atom. The Morgan fingerprint density at radius 3 is 2.60 bits per heavy atom. The van der Waals surface area contributed by atoms with Gasteiger partial charge in [0.15, 0.2) is 0 Å². The number of nitrogens with zero attached hydrogens (tertiary/aromatic N) is 3. The number of esters is 1. The Morgan fingerprint density at radius 1 is 1.16 bits per heavy atom. The summed E-state index contributed by atoms with van der Waals surface area (Å²) in [5.74, 6) is -0.660. The number of amides is 1. The SMILES string of the molecule is COC(=O)/C=C/C(=O)N1[C@@H]2CC[C@H]1c1cc(-c3ccnn3C)ccc12. The van der Waals surface area contributed by atoms with Crippen LogP contribution in [0.15, 0.2) is 42.6 Å². The van der Waals surface area contributed by atoms with Crippen LogP contribution in [0, 0.1) is 0 Å². The van der Waals surface area contributed by atoms with Gasteiger partial charge in [0.05, 0.1) is 24.9 Å². The highest BCUT2D eigenvalue weighted by Crippen LogP contribution is 2.53. The van der Waals surface area contributed by atoms with Crippen molar-refractivity contribution >= 4 is 11.9 Å². The number of benzene rings is 1. The van der Waals surface area contributed by atoms with Crippen molar-refractivity contribution < 1.29 is 14.3 Å². The first-order chi connectivity index (χ1) is 12.1. The van der Waals surface area contributed by atoms with Crippen molar-refractivity contribution in [3.63, 3.8) is 0 Å². The van der Waals surface area contributed by atoms with E-state index in [9.17, 15) is 9.59 Å². The quantitative estimate of drug-likeness (QED) is 0.638. The zero-order chi connectivity index (χ0) is 17.6. The molecular formula is C19H19N3O3. The number of hydrogen-bond donors (Lipinski definition) is 0. The van der Waals surface area contributed by atoms with Crippen LogP contribution in [0.3, 0.4) is 0 Å². The minimum atomic E-state index is -0.518. The van der Waals surface area contributed by atoms with Crippen LogP contribution in [0.25, 0.3) is 11.3 Å². The fourth-order valence-corrected chi connectivity index (χ4v) is 4.01. The van der Waals surface area contributed by atoms with Crippen molar-refractivity contribution in [2.75, 3.05) is 7.11 Å². The summed E-state index contributed by atoms with van der Waals surface area (Å²) in [5.41, 5.74) is 4.56. The van der Waals surface area contributed by atoms with Gasteiger partial charge in [-0.3, -0.25) is 9.48 Å². The molecule has 1 aromatic heterocycles. The second kappa shape index (κ2) is 5.88. The van der Waals surface area contributed by atoms with Crippen molar-refractivity contribution in [1.82, 2.24) is 14.7 Å². The third kappa shape index (κ3) is 2.45. The van der Waals surface area contributed by atoms with Crippen molar-refractivity contribution in [2.24, 2.45) is 7.05 Å². The number of aromatic nitrogens is 2. The third-order valence-electron chi connectivity index (χ3n) is 5.12. The third-order valence-corrected chi connectivity index (χ3v) is 5.12. The van der Waals surface area contributed by atoms with Crippen molar-refractivity contribution in [1.29, 1.82) is 0 Å². The standard InChI is InChI=1S/C19H19N3O3/c1-21-15(9-10-20-21)12-3-4-13-14(11-12)17-6-5-16(13)22(17)18(23)7-8-19(24)25-2/h3-4,7-11,16-17H,5-6H2,1-2H3/b8-7+/t16-,17+/m1/s1. The largest absolute Gasteiger partial charge is 0.466 e. The van der Waals surface area contributed by atoms with Gasteiger partial charge in [-0.2, -0.15) is 5.10 Å². The van der Waals surface area contributed by atoms with E-state index in [0.29, 0.717) is 0 Å². The molecule has 4 rings (SSSR count). The van der Waals surface area contributed by atoms with Crippen molar-refractivity contribution in [3.8, 4) is 11.3 Å². The number of rotatable bonds is 3. The molecule has 0 unspecified atom stereocenters. The lowest BCUT2D eigenvalue weighted by atomic mass is 9.90. The van der Waals surface area contributed by atoms with E-state index in [2.05, 4.69) is 28.0 Å². The van der Waals surface area contributed by atoms with Crippen LogP contribution < -0.4 is 0 Å². The maximum atomic E-state index is 12.6. The molecule has 1 saturated heterocycles. The van der Waals surface area contributed by atoms with E-state index < -0.39 is 5.97 Å². The molecule has 1 amide bonds. The molecule has 128 valence electrons. The van der Waals surface area contributed by atoms with Crippen LogP contribution in [-0.2, 0) is 21.4 Å². The molecular weight excluding hydrogens is 318 g/mol. The molecule has 0 aliphatic carbocycles. The monoisotopic (exact) mass is 337 g/mol. The summed E-state index contributed by atoms with van der Waals surface area (Å²) in [6, 6.07) is 8.52. The van der Waals surface area contributed by atoms with E-state index in [0.717, 1.165) is 24.1 Å². The highest BCUT2D eigenvalue weighted by Gasteiger charge is 2.45. The summed E-state index contributed by atoms with van der Waals surface area (Å²) in [5, 5.41) is 4.23. The van der Waals surface area contributed by atoms with E-state index in [4.69, 9.17) is 0 Å². The van der Waals surface area contributed by atoms with E-state index in [1.54, 1.807) is 6.20 Å². The highest BCUT2D eigenvalue weighted by atomic mass is 16.5. The van der Waals surface area contributed by atoms with Crippen LogP contribution in [0.1, 0.15) is 36.1 Å². The molecule has 0 saturated carbocycles. The van der Waals surface area contributed by atoms with Gasteiger partial charge >= 0.3 is 5.97 Å². The lowest BCUT2D eigenvalue weighted by molar-refractivity contribution is -0.135. The number of carbonyl (C=O) groups is 2. The summed E-state index contributed by atoms with van der Waals surface area (Å²) < 4.78 is 6.40. The van der Waals surface area contributed by atoms with Gasteiger partial charge in [-0.1, -0.05) is 12.1 Å². The number of aryl methyl sites for hydroxylation is 1. The molecule has 2 bridgehead atoms. The molecule has 0 radical (unpaired) electrons. The average molecular weight is 337 g/mol. The first-order valence-electron chi connectivity index (χ1n) is 8.30. The molecule has 2 aliphatic rings. The maximum Gasteiger partial charge on any atom is 0.330 e. The fraction of sp³-hybridized carbons (Fsp3) is 0.316. The second-order valence-electron chi connectivity index (χ2n) is 6.39. The Hall–Kier alpha value is -2.89. The number of methoxy groups -OCH3 is 1. The second-order valence-corrected chi connectivity index (χ2v) is 6.39. The Labute approximate surface area is 145 Å². The van der Waals surface area contributed by atoms with Crippen LogP contribution >= 0.6 is 0 Å². The molecule has 1 aromatic carbocycles. The van der Waals surface area contributed by atoms with Crippen molar-refractivity contribution in [2.45, 2.75) is 24.9 Å². The molecule has 6 heteroatoms. The van der Waals surface area contributed by atoms with Gasteiger partial charge in [0.25, 0.3) is 0 Å². The first-order valence-corrected chi connectivity index (χ1v) is 8.30. The summed E-state index contributed by atoms with van der Waals surface area (Å²) in [6.45, 7) is 0. The molecule has 2 atom stereocenters. The molecule has 3 heterocycles. The Kier molecular flexibility index (Phi) is 3.67. The van der Waals surface area contributed by atoms with Crippen LogP contribution in [0.2, 0.25) is 0 Å². The van der Waals surface area contributed by atoms with Gasteiger partial charge in [0.1, 0.15) is 0 Å². The molecule has 6 nitrogen and oxygen atoms in total. The maximum absolute atomic E-state index is 12.6. The number of fused-ring (bicyclic) bond motifs is 5. The Balaban J connectivity index is 1.65. The summed E-state index contributed by atoms with van der Waals surface area (Å²) in [7, 11) is 3.22. The van der Waals surface area contributed by atoms with Crippen LogP contribution in [-0.4, -0.2) is 33.7 Å². The predicted octanol–water partition coefficient (Wildman–Crippen LogP) is 2.53. The highest BCUT2D eigenvalue weighted by molar-refractivity contribution is 5.95. The summed E-state index contributed by atoms with van der Waals surface area (Å²) >= 11 is 0. The van der Waals surface area contributed by atoms with Gasteiger partial charge in [0, 0.05) is 31.0 Å². The number of ether oxygens (including phenoxy) is 1. The minimum absolute atomic E-state index is 0.0722. The molecule has 1 fully saturated rings. The van der Waals surface area contributed by atoms with Gasteiger partial charge in [-0.25, -0.2) is 4.79 Å². The van der Waals surface area contributed by atoms with Crippen molar-refractivity contribution in [3.05, 3.63) is 53.7 Å². The smallest absolute Gasteiger partial charge is 0.330 e. The molecule has 25 heavy (non-hydrogen) atoms. The van der Waals surface area contributed by atoms with E-state index >= 15 is 0 Å². The lowest BCUT2D eigenvalue weighted by Crippen LogP contribution is -2.26. The number of carbonyl (C=O) groups excluding carboxylic acids is 2. The topological polar surface area (TPSA) is 64.4 Å². The normalized spacial score (nSPS) is 21.0. The lowest BCUT2D eigenvalue weighted by Gasteiger charge is -2.20. The number of hydrogen-bond acceptors (Lipinski definition) is 4. The van der Waals surface area contributed by atoms with Gasteiger partial charge < -0.3 is 9.64 Å². The molecule has 2 aliphatic heterocycles. The van der Waals surface area contributed by atoms with E-state index in [1.807, 2.05) is 22.7 Å². The van der Waals surface area contributed by atoms with Crippen LogP contribution in [0.5, 0.6) is 0 Å². The average Bonchev–Trinajstić information content (AvgIpc) is 3.32. The van der Waals surface area contributed by atoms with Crippen LogP contribution in [0.4, 0.5) is 0 Å². The molecule has 2 aromatic rings. The molecule has 0 spiro atoms. The van der Waals surface area contributed by atoms with Gasteiger partial charge in [-0.05, 0) is 36.1 Å². The van der Waals surface area contributed by atoms with E-state index in [1.165, 1.54) is 30.4 Å².